The molecule has 0 bridgehead atoms. The van der Waals surface area contributed by atoms with Gasteiger partial charge in [0.05, 0.1) is 4.83 Å². The van der Waals surface area contributed by atoms with Gasteiger partial charge in [-0.3, -0.25) is 4.79 Å². The van der Waals surface area contributed by atoms with Gasteiger partial charge in [0, 0.05) is 12.0 Å². The fourth-order valence-corrected chi connectivity index (χ4v) is 2.97. The van der Waals surface area contributed by atoms with Gasteiger partial charge in [-0.1, -0.05) is 59.1 Å². The predicted octanol–water partition coefficient (Wildman–Crippen LogP) is 3.40. The van der Waals surface area contributed by atoms with Crippen LogP contribution in [0.1, 0.15) is 38.2 Å². The summed E-state index contributed by atoms with van der Waals surface area (Å²) in [5, 5.41) is 3.08. The van der Waals surface area contributed by atoms with Crippen LogP contribution in [-0.4, -0.2) is 17.3 Å². The predicted molar refractivity (Wildman–Crippen MR) is 78.0 cm³/mol. The standard InChI is InChI=1S/C15H20BrNO/c1-12(16)14(18)17-11-15(9-5-6-10-15)13-7-3-2-4-8-13/h2-4,7-8,12H,5-6,9-11H2,1H3,(H,17,18)/t12-/m1/s1. The van der Waals surface area contributed by atoms with Crippen molar-refractivity contribution in [1.29, 1.82) is 0 Å². The van der Waals surface area contributed by atoms with Crippen LogP contribution in [0.4, 0.5) is 0 Å². The highest BCUT2D eigenvalue weighted by Crippen LogP contribution is 2.40. The van der Waals surface area contributed by atoms with Crippen molar-refractivity contribution in [2.75, 3.05) is 6.54 Å². The molecule has 1 aromatic carbocycles. The molecule has 0 radical (unpaired) electrons. The smallest absolute Gasteiger partial charge is 0.233 e. The highest BCUT2D eigenvalue weighted by Gasteiger charge is 2.35. The number of benzene rings is 1. The maximum Gasteiger partial charge on any atom is 0.233 e. The SMILES string of the molecule is C[C@@H](Br)C(=O)NCC1(c2ccccc2)CCCC1. The first-order chi connectivity index (χ1) is 8.64. The van der Waals surface area contributed by atoms with E-state index in [1.807, 2.05) is 13.0 Å². The van der Waals surface area contributed by atoms with Crippen LogP contribution >= 0.6 is 15.9 Å². The van der Waals surface area contributed by atoms with Crippen molar-refractivity contribution in [2.45, 2.75) is 42.8 Å². The Balaban J connectivity index is 2.11. The van der Waals surface area contributed by atoms with E-state index in [2.05, 4.69) is 45.5 Å². The summed E-state index contributed by atoms with van der Waals surface area (Å²) in [6.07, 6.45) is 4.87. The Morgan fingerprint density at radius 2 is 1.94 bits per heavy atom. The minimum absolute atomic E-state index is 0.0807. The summed E-state index contributed by atoms with van der Waals surface area (Å²) >= 11 is 3.31. The molecule has 0 aliphatic heterocycles. The number of alkyl halides is 1. The highest BCUT2D eigenvalue weighted by atomic mass is 79.9. The van der Waals surface area contributed by atoms with Crippen molar-refractivity contribution >= 4 is 21.8 Å². The van der Waals surface area contributed by atoms with Gasteiger partial charge in [-0.2, -0.15) is 0 Å². The number of carbonyl (C=O) groups is 1. The lowest BCUT2D eigenvalue weighted by Crippen LogP contribution is -2.41. The maximum absolute atomic E-state index is 11.7. The van der Waals surface area contributed by atoms with Crippen LogP contribution in [0.25, 0.3) is 0 Å². The third-order valence-electron chi connectivity index (χ3n) is 3.91. The van der Waals surface area contributed by atoms with E-state index in [0.717, 1.165) is 6.54 Å². The van der Waals surface area contributed by atoms with Crippen LogP contribution in [0.3, 0.4) is 0 Å². The molecule has 2 rings (SSSR count). The van der Waals surface area contributed by atoms with Gasteiger partial charge in [0.25, 0.3) is 0 Å². The molecule has 1 fully saturated rings. The van der Waals surface area contributed by atoms with E-state index < -0.39 is 0 Å². The Hall–Kier alpha value is -0.830. The normalized spacial score (nSPS) is 19.4. The van der Waals surface area contributed by atoms with E-state index in [1.54, 1.807) is 0 Å². The van der Waals surface area contributed by atoms with Crippen molar-refractivity contribution < 1.29 is 4.79 Å². The monoisotopic (exact) mass is 309 g/mol. The molecule has 0 spiro atoms. The highest BCUT2D eigenvalue weighted by molar-refractivity contribution is 9.10. The molecule has 1 aliphatic rings. The minimum Gasteiger partial charge on any atom is -0.354 e. The van der Waals surface area contributed by atoms with Gasteiger partial charge >= 0.3 is 0 Å². The van der Waals surface area contributed by atoms with Gasteiger partial charge in [0.2, 0.25) is 5.91 Å². The zero-order valence-electron chi connectivity index (χ0n) is 10.8. The van der Waals surface area contributed by atoms with Crippen molar-refractivity contribution in [3.8, 4) is 0 Å². The third-order valence-corrected chi connectivity index (χ3v) is 4.32. The second kappa shape index (κ2) is 5.87. The summed E-state index contributed by atoms with van der Waals surface area (Å²) < 4.78 is 0. The van der Waals surface area contributed by atoms with Crippen molar-refractivity contribution in [2.24, 2.45) is 0 Å². The molecule has 0 unspecified atom stereocenters. The van der Waals surface area contributed by atoms with Crippen molar-refractivity contribution in [1.82, 2.24) is 5.32 Å². The molecule has 0 heterocycles. The van der Waals surface area contributed by atoms with Gasteiger partial charge < -0.3 is 5.32 Å². The van der Waals surface area contributed by atoms with Crippen LogP contribution in [0.15, 0.2) is 30.3 Å². The second-order valence-corrected chi connectivity index (χ2v) is 6.56. The van der Waals surface area contributed by atoms with Crippen molar-refractivity contribution in [3.05, 3.63) is 35.9 Å². The van der Waals surface area contributed by atoms with Crippen LogP contribution in [0, 0.1) is 0 Å². The molecule has 1 aliphatic carbocycles. The molecular weight excluding hydrogens is 290 g/mol. The summed E-state index contributed by atoms with van der Waals surface area (Å²) in [7, 11) is 0. The van der Waals surface area contributed by atoms with E-state index in [9.17, 15) is 4.79 Å². The number of halogens is 1. The zero-order valence-corrected chi connectivity index (χ0v) is 12.4. The van der Waals surface area contributed by atoms with Crippen LogP contribution in [-0.2, 0) is 10.2 Å². The lowest BCUT2D eigenvalue weighted by atomic mass is 9.79. The minimum atomic E-state index is -0.119. The van der Waals surface area contributed by atoms with E-state index in [1.165, 1.54) is 31.2 Å². The van der Waals surface area contributed by atoms with Crippen LogP contribution in [0.2, 0.25) is 0 Å². The number of nitrogens with one attached hydrogen (secondary N) is 1. The van der Waals surface area contributed by atoms with Gasteiger partial charge in [0.15, 0.2) is 0 Å². The number of rotatable bonds is 4. The van der Waals surface area contributed by atoms with Gasteiger partial charge in [-0.05, 0) is 25.3 Å². The molecule has 0 saturated heterocycles. The van der Waals surface area contributed by atoms with Gasteiger partial charge in [-0.15, -0.1) is 0 Å². The summed E-state index contributed by atoms with van der Waals surface area (Å²) in [5.41, 5.74) is 1.52. The molecule has 1 N–H and O–H groups in total. The van der Waals surface area contributed by atoms with Gasteiger partial charge in [-0.25, -0.2) is 0 Å². The number of hydrogen-bond acceptors (Lipinski definition) is 1. The molecule has 3 heteroatoms. The average molecular weight is 310 g/mol. The summed E-state index contributed by atoms with van der Waals surface area (Å²) in [6.45, 7) is 2.62. The lowest BCUT2D eigenvalue weighted by Gasteiger charge is -2.30. The van der Waals surface area contributed by atoms with Gasteiger partial charge in [0.1, 0.15) is 0 Å². The molecule has 1 aromatic rings. The molecule has 1 amide bonds. The Morgan fingerprint density at radius 1 is 1.33 bits per heavy atom. The first-order valence-corrected chi connectivity index (χ1v) is 7.53. The summed E-state index contributed by atoms with van der Waals surface area (Å²) in [5.74, 6) is 0.0807. The van der Waals surface area contributed by atoms with Crippen LogP contribution in [0.5, 0.6) is 0 Å². The first-order valence-electron chi connectivity index (χ1n) is 6.61. The Labute approximate surface area is 117 Å². The second-order valence-electron chi connectivity index (χ2n) is 5.19. The molecule has 2 nitrogen and oxygen atoms in total. The summed E-state index contributed by atoms with van der Waals surface area (Å²) in [6, 6.07) is 10.6. The molecule has 0 aromatic heterocycles. The summed E-state index contributed by atoms with van der Waals surface area (Å²) in [4.78, 5) is 11.6. The zero-order chi connectivity index (χ0) is 13.0. The fraction of sp³-hybridized carbons (Fsp3) is 0.533. The number of hydrogen-bond donors (Lipinski definition) is 1. The quantitative estimate of drug-likeness (QED) is 0.849. The van der Waals surface area contributed by atoms with E-state index in [4.69, 9.17) is 0 Å². The first kappa shape index (κ1) is 13.6. The molecule has 98 valence electrons. The average Bonchev–Trinajstić information content (AvgIpc) is 2.87. The van der Waals surface area contributed by atoms with E-state index >= 15 is 0 Å². The third kappa shape index (κ3) is 2.94. The van der Waals surface area contributed by atoms with Crippen LogP contribution < -0.4 is 5.32 Å². The number of amides is 1. The topological polar surface area (TPSA) is 29.1 Å². The maximum atomic E-state index is 11.7. The lowest BCUT2D eigenvalue weighted by molar-refractivity contribution is -0.120. The Bertz CT molecular complexity index is 396. The molecular formula is C15H20BrNO. The Kier molecular flexibility index (Phi) is 4.44. The molecule has 1 saturated carbocycles. The van der Waals surface area contributed by atoms with E-state index in [0.29, 0.717) is 0 Å². The van der Waals surface area contributed by atoms with Crippen molar-refractivity contribution in [3.63, 3.8) is 0 Å². The van der Waals surface area contributed by atoms with E-state index in [-0.39, 0.29) is 16.1 Å². The Morgan fingerprint density at radius 3 is 2.50 bits per heavy atom. The number of carbonyl (C=O) groups excluding carboxylic acids is 1. The largest absolute Gasteiger partial charge is 0.354 e. The molecule has 18 heavy (non-hydrogen) atoms. The molecule has 1 atom stereocenters. The fourth-order valence-electron chi connectivity index (χ4n) is 2.81.